The Morgan fingerprint density at radius 2 is 2.33 bits per heavy atom. The standard InChI is InChI=1S/C12H22N4O2/c1-3-4-5-7-13-12(17)14-11-6-8-16(15-11)9-10-18-2/h6,8H,3-5,7,9-10H2,1-2H3,(H2,13,14,15,17). The zero-order valence-corrected chi connectivity index (χ0v) is 11.1. The molecule has 0 bridgehead atoms. The Hall–Kier alpha value is -1.56. The summed E-state index contributed by atoms with van der Waals surface area (Å²) in [7, 11) is 1.65. The normalized spacial score (nSPS) is 10.3. The lowest BCUT2D eigenvalue weighted by Gasteiger charge is -2.05. The third-order valence-electron chi connectivity index (χ3n) is 2.47. The Morgan fingerprint density at radius 1 is 1.50 bits per heavy atom. The van der Waals surface area contributed by atoms with Crippen LogP contribution in [0.25, 0.3) is 0 Å². The molecule has 0 aromatic carbocycles. The number of urea groups is 1. The number of nitrogens with one attached hydrogen (secondary N) is 2. The van der Waals surface area contributed by atoms with E-state index in [4.69, 9.17) is 4.74 Å². The molecule has 0 aliphatic heterocycles. The number of aromatic nitrogens is 2. The van der Waals surface area contributed by atoms with Gasteiger partial charge in [-0.1, -0.05) is 19.8 Å². The van der Waals surface area contributed by atoms with Gasteiger partial charge in [0.25, 0.3) is 0 Å². The number of ether oxygens (including phenoxy) is 1. The van der Waals surface area contributed by atoms with Crippen LogP contribution in [0.1, 0.15) is 26.2 Å². The Kier molecular flexibility index (Phi) is 6.86. The van der Waals surface area contributed by atoms with Crippen molar-refractivity contribution in [2.24, 2.45) is 0 Å². The van der Waals surface area contributed by atoms with Gasteiger partial charge in [0.15, 0.2) is 5.82 Å². The van der Waals surface area contributed by atoms with Crippen molar-refractivity contribution in [1.29, 1.82) is 0 Å². The number of hydrogen-bond acceptors (Lipinski definition) is 3. The van der Waals surface area contributed by atoms with E-state index in [0.717, 1.165) is 19.3 Å². The first-order chi connectivity index (χ1) is 8.76. The number of carbonyl (C=O) groups is 1. The molecule has 1 aromatic heterocycles. The second-order valence-corrected chi connectivity index (χ2v) is 4.04. The summed E-state index contributed by atoms with van der Waals surface area (Å²) in [5, 5.41) is 9.68. The highest BCUT2D eigenvalue weighted by atomic mass is 16.5. The summed E-state index contributed by atoms with van der Waals surface area (Å²) in [6, 6.07) is 1.56. The van der Waals surface area contributed by atoms with Crippen molar-refractivity contribution < 1.29 is 9.53 Å². The van der Waals surface area contributed by atoms with E-state index in [1.54, 1.807) is 17.9 Å². The van der Waals surface area contributed by atoms with Crippen LogP contribution in [0.2, 0.25) is 0 Å². The van der Waals surface area contributed by atoms with Crippen molar-refractivity contribution in [1.82, 2.24) is 15.1 Å². The molecule has 0 unspecified atom stereocenters. The van der Waals surface area contributed by atoms with Crippen molar-refractivity contribution in [3.05, 3.63) is 12.3 Å². The minimum atomic E-state index is -0.205. The van der Waals surface area contributed by atoms with E-state index in [1.165, 1.54) is 0 Å². The predicted octanol–water partition coefficient (Wildman–Crippen LogP) is 1.84. The van der Waals surface area contributed by atoms with Crippen LogP contribution in [0.3, 0.4) is 0 Å². The van der Waals surface area contributed by atoms with E-state index < -0.39 is 0 Å². The average molecular weight is 254 g/mol. The minimum Gasteiger partial charge on any atom is -0.383 e. The smallest absolute Gasteiger partial charge is 0.320 e. The number of carbonyl (C=O) groups excluding carboxylic acids is 1. The van der Waals surface area contributed by atoms with Crippen LogP contribution in [-0.4, -0.2) is 36.1 Å². The molecule has 1 rings (SSSR count). The van der Waals surface area contributed by atoms with Gasteiger partial charge in [-0.05, 0) is 6.42 Å². The number of methoxy groups -OCH3 is 1. The van der Waals surface area contributed by atoms with Gasteiger partial charge in [-0.15, -0.1) is 0 Å². The van der Waals surface area contributed by atoms with Crippen molar-refractivity contribution in [2.75, 3.05) is 25.6 Å². The fourth-order valence-electron chi connectivity index (χ4n) is 1.48. The van der Waals surface area contributed by atoms with Crippen LogP contribution in [0.15, 0.2) is 12.3 Å². The molecular weight excluding hydrogens is 232 g/mol. The van der Waals surface area contributed by atoms with Crippen molar-refractivity contribution >= 4 is 11.8 Å². The van der Waals surface area contributed by atoms with Crippen molar-refractivity contribution in [3.63, 3.8) is 0 Å². The predicted molar refractivity (Wildman–Crippen MR) is 70.6 cm³/mol. The van der Waals surface area contributed by atoms with Crippen LogP contribution in [0.5, 0.6) is 0 Å². The second kappa shape index (κ2) is 8.52. The van der Waals surface area contributed by atoms with Gasteiger partial charge in [-0.2, -0.15) is 5.10 Å². The van der Waals surface area contributed by atoms with Gasteiger partial charge in [0.2, 0.25) is 0 Å². The molecule has 0 atom stereocenters. The van der Waals surface area contributed by atoms with Gasteiger partial charge in [-0.3, -0.25) is 10.00 Å². The number of anilines is 1. The molecule has 1 heterocycles. The largest absolute Gasteiger partial charge is 0.383 e. The fourth-order valence-corrected chi connectivity index (χ4v) is 1.48. The maximum absolute atomic E-state index is 11.5. The van der Waals surface area contributed by atoms with E-state index >= 15 is 0 Å². The summed E-state index contributed by atoms with van der Waals surface area (Å²) in [6.45, 7) is 4.11. The summed E-state index contributed by atoms with van der Waals surface area (Å²) < 4.78 is 6.68. The first kappa shape index (κ1) is 14.5. The van der Waals surface area contributed by atoms with Crippen LogP contribution in [0.4, 0.5) is 10.6 Å². The van der Waals surface area contributed by atoms with Gasteiger partial charge >= 0.3 is 6.03 Å². The summed E-state index contributed by atoms with van der Waals surface area (Å²) in [4.78, 5) is 11.5. The third-order valence-corrected chi connectivity index (χ3v) is 2.47. The number of nitrogens with zero attached hydrogens (tertiary/aromatic N) is 2. The highest BCUT2D eigenvalue weighted by Crippen LogP contribution is 2.02. The molecule has 2 amide bonds. The molecule has 102 valence electrons. The van der Waals surface area contributed by atoms with Crippen LogP contribution < -0.4 is 10.6 Å². The van der Waals surface area contributed by atoms with Crippen molar-refractivity contribution in [3.8, 4) is 0 Å². The first-order valence-corrected chi connectivity index (χ1v) is 6.33. The SMILES string of the molecule is CCCCCNC(=O)Nc1ccn(CCOC)n1. The van der Waals surface area contributed by atoms with Crippen molar-refractivity contribution in [2.45, 2.75) is 32.7 Å². The van der Waals surface area contributed by atoms with Gasteiger partial charge in [0, 0.05) is 25.9 Å². The lowest BCUT2D eigenvalue weighted by atomic mass is 10.2. The molecule has 0 radical (unpaired) electrons. The van der Waals surface area contributed by atoms with Gasteiger partial charge in [0.05, 0.1) is 13.2 Å². The molecule has 0 fully saturated rings. The summed E-state index contributed by atoms with van der Waals surface area (Å²) in [5.74, 6) is 0.555. The van der Waals surface area contributed by atoms with E-state index in [9.17, 15) is 4.79 Å². The van der Waals surface area contributed by atoms with E-state index in [-0.39, 0.29) is 6.03 Å². The molecule has 0 aliphatic rings. The summed E-state index contributed by atoms with van der Waals surface area (Å²) >= 11 is 0. The lowest BCUT2D eigenvalue weighted by Crippen LogP contribution is -2.29. The van der Waals surface area contributed by atoms with Crippen LogP contribution >= 0.6 is 0 Å². The highest BCUT2D eigenvalue weighted by Gasteiger charge is 2.03. The fraction of sp³-hybridized carbons (Fsp3) is 0.667. The number of amides is 2. The maximum Gasteiger partial charge on any atom is 0.320 e. The monoisotopic (exact) mass is 254 g/mol. The molecule has 0 saturated heterocycles. The second-order valence-electron chi connectivity index (χ2n) is 4.04. The minimum absolute atomic E-state index is 0.205. The van der Waals surface area contributed by atoms with Crippen LogP contribution in [0, 0.1) is 0 Å². The van der Waals surface area contributed by atoms with Crippen LogP contribution in [-0.2, 0) is 11.3 Å². The Morgan fingerprint density at radius 3 is 3.06 bits per heavy atom. The topological polar surface area (TPSA) is 68.2 Å². The van der Waals surface area contributed by atoms with Gasteiger partial charge < -0.3 is 10.1 Å². The molecule has 6 nitrogen and oxygen atoms in total. The van der Waals surface area contributed by atoms with E-state index in [1.807, 2.05) is 6.20 Å². The molecule has 2 N–H and O–H groups in total. The molecule has 18 heavy (non-hydrogen) atoms. The third kappa shape index (κ3) is 5.67. The van der Waals surface area contributed by atoms with Gasteiger partial charge in [0.1, 0.15) is 0 Å². The zero-order chi connectivity index (χ0) is 13.2. The quantitative estimate of drug-likeness (QED) is 0.696. The van der Waals surface area contributed by atoms with E-state index in [2.05, 4.69) is 22.7 Å². The Balaban J connectivity index is 2.24. The molecule has 1 aromatic rings. The lowest BCUT2D eigenvalue weighted by molar-refractivity contribution is 0.183. The molecule has 0 saturated carbocycles. The molecular formula is C12H22N4O2. The number of hydrogen-bond donors (Lipinski definition) is 2. The molecule has 0 spiro atoms. The van der Waals surface area contributed by atoms with Gasteiger partial charge in [-0.25, -0.2) is 4.79 Å². The number of unbranched alkanes of at least 4 members (excludes halogenated alkanes) is 2. The Bertz CT molecular complexity index is 352. The summed E-state index contributed by atoms with van der Waals surface area (Å²) in [5.41, 5.74) is 0. The summed E-state index contributed by atoms with van der Waals surface area (Å²) in [6.07, 6.45) is 5.09. The average Bonchev–Trinajstić information content (AvgIpc) is 2.80. The first-order valence-electron chi connectivity index (χ1n) is 6.33. The van der Waals surface area contributed by atoms with E-state index in [0.29, 0.717) is 25.5 Å². The maximum atomic E-state index is 11.5. The number of rotatable bonds is 8. The molecule has 0 aliphatic carbocycles. The Labute approximate surface area is 108 Å². The molecule has 6 heteroatoms. The highest BCUT2D eigenvalue weighted by molar-refractivity contribution is 5.88. The zero-order valence-electron chi connectivity index (χ0n) is 11.1.